The predicted octanol–water partition coefficient (Wildman–Crippen LogP) is 1.03. The summed E-state index contributed by atoms with van der Waals surface area (Å²) in [6.45, 7) is 4.19. The van der Waals surface area contributed by atoms with Crippen molar-refractivity contribution in [2.75, 3.05) is 20.2 Å². The van der Waals surface area contributed by atoms with Gasteiger partial charge in [0.25, 0.3) is 5.91 Å². The van der Waals surface area contributed by atoms with Crippen molar-refractivity contribution in [1.82, 2.24) is 15.5 Å². The Morgan fingerprint density at radius 1 is 1.27 bits per heavy atom. The van der Waals surface area contributed by atoms with E-state index < -0.39 is 29.9 Å². The van der Waals surface area contributed by atoms with Crippen molar-refractivity contribution >= 4 is 23.7 Å². The topological polar surface area (TPSA) is 125 Å². The third-order valence-electron chi connectivity index (χ3n) is 5.25. The fourth-order valence-corrected chi connectivity index (χ4v) is 3.12. The van der Waals surface area contributed by atoms with Gasteiger partial charge in [-0.2, -0.15) is 0 Å². The molecule has 9 nitrogen and oxygen atoms in total. The maximum absolute atomic E-state index is 12.9. The molecule has 0 fully saturated rings. The summed E-state index contributed by atoms with van der Waals surface area (Å²) in [5, 5.41) is 14.6. The van der Waals surface area contributed by atoms with Crippen LogP contribution in [-0.4, -0.2) is 66.0 Å². The fourth-order valence-electron chi connectivity index (χ4n) is 3.12. The molecule has 9 heteroatoms. The van der Waals surface area contributed by atoms with Crippen molar-refractivity contribution in [3.05, 3.63) is 29.8 Å². The highest BCUT2D eigenvalue weighted by Gasteiger charge is 2.30. The van der Waals surface area contributed by atoms with E-state index in [0.29, 0.717) is 12.2 Å². The van der Waals surface area contributed by atoms with Crippen LogP contribution in [-0.2, 0) is 14.4 Å². The van der Waals surface area contributed by atoms with Gasteiger partial charge in [0.1, 0.15) is 24.4 Å². The molecule has 0 radical (unpaired) electrons. The van der Waals surface area contributed by atoms with E-state index in [-0.39, 0.29) is 43.4 Å². The van der Waals surface area contributed by atoms with Crippen molar-refractivity contribution < 1.29 is 29.0 Å². The number of nitrogens with one attached hydrogen (secondary N) is 2. The minimum atomic E-state index is -1.25. The molecule has 1 aliphatic rings. The lowest BCUT2D eigenvalue weighted by atomic mass is 9.97. The van der Waals surface area contributed by atoms with Gasteiger partial charge in [-0.05, 0) is 24.5 Å². The van der Waals surface area contributed by atoms with Gasteiger partial charge in [-0.25, -0.2) is 4.79 Å². The van der Waals surface area contributed by atoms with Crippen LogP contribution in [0.2, 0.25) is 0 Å². The second-order valence-electron chi connectivity index (χ2n) is 7.44. The average Bonchev–Trinajstić information content (AvgIpc) is 2.73. The summed E-state index contributed by atoms with van der Waals surface area (Å²) < 4.78 is 5.70. The quantitative estimate of drug-likeness (QED) is 0.672. The molecule has 0 saturated carbocycles. The zero-order valence-electron chi connectivity index (χ0n) is 17.5. The Morgan fingerprint density at radius 3 is 2.63 bits per heavy atom. The van der Waals surface area contributed by atoms with Crippen LogP contribution in [0.15, 0.2) is 24.3 Å². The molecule has 1 aromatic rings. The Morgan fingerprint density at radius 2 is 1.97 bits per heavy atom. The van der Waals surface area contributed by atoms with E-state index >= 15 is 0 Å². The zero-order chi connectivity index (χ0) is 22.3. The van der Waals surface area contributed by atoms with Gasteiger partial charge in [0.05, 0.1) is 12.1 Å². The summed E-state index contributed by atoms with van der Waals surface area (Å²) in [5.41, 5.74) is 0.189. The first-order valence-corrected chi connectivity index (χ1v) is 10.0. The molecular formula is C21H29N3O6. The van der Waals surface area contributed by atoms with Gasteiger partial charge in [-0.3, -0.25) is 14.4 Å². The molecule has 0 aromatic heterocycles. The Hall–Kier alpha value is -3.10. The number of para-hydroxylation sites is 1. The van der Waals surface area contributed by atoms with Crippen LogP contribution in [0.5, 0.6) is 5.75 Å². The number of fused-ring (bicyclic) bond motifs is 1. The highest BCUT2D eigenvalue weighted by atomic mass is 16.5. The number of nitrogens with zero attached hydrogens (tertiary/aromatic N) is 1. The van der Waals surface area contributed by atoms with Crippen LogP contribution in [0.25, 0.3) is 0 Å². The second-order valence-corrected chi connectivity index (χ2v) is 7.44. The van der Waals surface area contributed by atoms with Gasteiger partial charge in [-0.15, -0.1) is 0 Å². The molecule has 2 rings (SSSR count). The molecule has 1 aromatic carbocycles. The molecule has 0 spiro atoms. The van der Waals surface area contributed by atoms with Crippen LogP contribution in [0, 0.1) is 5.92 Å². The maximum atomic E-state index is 12.9. The smallest absolute Gasteiger partial charge is 0.326 e. The molecule has 0 saturated heterocycles. The van der Waals surface area contributed by atoms with Crippen LogP contribution >= 0.6 is 0 Å². The summed E-state index contributed by atoms with van der Waals surface area (Å²) in [4.78, 5) is 51.0. The van der Waals surface area contributed by atoms with E-state index in [1.807, 2.05) is 13.8 Å². The van der Waals surface area contributed by atoms with Crippen LogP contribution in [0.3, 0.4) is 0 Å². The van der Waals surface area contributed by atoms with Crippen LogP contribution in [0.4, 0.5) is 0 Å². The molecule has 0 unspecified atom stereocenters. The number of benzene rings is 1. The first-order valence-electron chi connectivity index (χ1n) is 10.0. The van der Waals surface area contributed by atoms with Crippen molar-refractivity contribution in [1.29, 1.82) is 0 Å². The number of rotatable bonds is 3. The van der Waals surface area contributed by atoms with E-state index in [2.05, 4.69) is 10.6 Å². The molecule has 1 heterocycles. The number of amides is 3. The Kier molecular flexibility index (Phi) is 8.20. The van der Waals surface area contributed by atoms with Crippen LogP contribution in [0.1, 0.15) is 43.5 Å². The Balaban J connectivity index is 2.33. The number of carboxylic acids is 1. The van der Waals surface area contributed by atoms with Gasteiger partial charge in [-0.1, -0.05) is 32.4 Å². The standard InChI is InChI=1S/C21H29N3O6/c1-4-13(2)18-20(27)24(3)11-12-30-16-8-6-5-7-14(16)19(26)22-15(21(28)29)9-10-17(25)23-18/h5-8,13,15,18H,4,9-12H2,1-3H3,(H,22,26)(H,23,25)(H,28,29)/t13-,15-,18-/m0/s1. The Bertz CT molecular complexity index is 797. The molecule has 3 atom stereocenters. The van der Waals surface area contributed by atoms with Crippen molar-refractivity contribution in [3.8, 4) is 5.75 Å². The number of carbonyl (C=O) groups excluding carboxylic acids is 3. The number of hydrogen-bond donors (Lipinski definition) is 3. The van der Waals surface area contributed by atoms with Gasteiger partial charge in [0.15, 0.2) is 0 Å². The van der Waals surface area contributed by atoms with E-state index in [9.17, 15) is 24.3 Å². The SMILES string of the molecule is CC[C@H](C)[C@@H]1NC(=O)CC[C@@H](C(=O)O)NC(=O)c2ccccc2OCCN(C)C1=O. The predicted molar refractivity (Wildman–Crippen MR) is 109 cm³/mol. The van der Waals surface area contributed by atoms with Crippen molar-refractivity contribution in [3.63, 3.8) is 0 Å². The molecule has 3 amide bonds. The highest BCUT2D eigenvalue weighted by Crippen LogP contribution is 2.19. The highest BCUT2D eigenvalue weighted by molar-refractivity contribution is 5.99. The van der Waals surface area contributed by atoms with Gasteiger partial charge in [0.2, 0.25) is 11.8 Å². The van der Waals surface area contributed by atoms with E-state index in [1.165, 1.54) is 11.0 Å². The first-order chi connectivity index (χ1) is 14.2. The van der Waals surface area contributed by atoms with Gasteiger partial charge in [0, 0.05) is 13.5 Å². The minimum absolute atomic E-state index is 0.101. The summed E-state index contributed by atoms with van der Waals surface area (Å²) in [5.74, 6) is -2.33. The largest absolute Gasteiger partial charge is 0.491 e. The van der Waals surface area contributed by atoms with Gasteiger partial charge < -0.3 is 25.4 Å². The number of ether oxygens (including phenoxy) is 1. The monoisotopic (exact) mass is 419 g/mol. The lowest BCUT2D eigenvalue weighted by Gasteiger charge is -2.28. The Labute approximate surface area is 175 Å². The first kappa shape index (κ1) is 23.2. The molecule has 0 bridgehead atoms. The summed E-state index contributed by atoms with van der Waals surface area (Å²) in [6, 6.07) is 4.51. The molecule has 30 heavy (non-hydrogen) atoms. The van der Waals surface area contributed by atoms with E-state index in [0.717, 1.165) is 0 Å². The second kappa shape index (κ2) is 10.6. The molecule has 164 valence electrons. The van der Waals surface area contributed by atoms with E-state index in [4.69, 9.17) is 4.74 Å². The maximum Gasteiger partial charge on any atom is 0.326 e. The van der Waals surface area contributed by atoms with Crippen molar-refractivity contribution in [2.45, 2.75) is 45.2 Å². The summed E-state index contributed by atoms with van der Waals surface area (Å²) >= 11 is 0. The lowest BCUT2D eigenvalue weighted by Crippen LogP contribution is -2.51. The number of likely N-dealkylation sites (N-methyl/N-ethyl adjacent to an activating group) is 1. The molecule has 0 aliphatic carbocycles. The molecule has 1 aliphatic heterocycles. The zero-order valence-corrected chi connectivity index (χ0v) is 17.5. The number of hydrogen-bond acceptors (Lipinski definition) is 5. The number of carbonyl (C=O) groups is 4. The minimum Gasteiger partial charge on any atom is -0.491 e. The van der Waals surface area contributed by atoms with Crippen molar-refractivity contribution in [2.24, 2.45) is 5.92 Å². The summed E-state index contributed by atoms with van der Waals surface area (Å²) in [6.07, 6.45) is 0.439. The number of carboxylic acid groups (broad SMARTS) is 1. The van der Waals surface area contributed by atoms with E-state index in [1.54, 1.807) is 25.2 Å². The normalized spacial score (nSPS) is 22.5. The fraction of sp³-hybridized carbons (Fsp3) is 0.524. The van der Waals surface area contributed by atoms with Gasteiger partial charge >= 0.3 is 5.97 Å². The molecular weight excluding hydrogens is 390 g/mol. The molecule has 3 N–H and O–H groups in total. The van der Waals surface area contributed by atoms with Crippen LogP contribution < -0.4 is 15.4 Å². The average molecular weight is 419 g/mol. The number of aliphatic carboxylic acids is 1. The third kappa shape index (κ3) is 5.95. The third-order valence-corrected chi connectivity index (χ3v) is 5.25. The lowest BCUT2D eigenvalue weighted by molar-refractivity contribution is -0.140. The summed E-state index contributed by atoms with van der Waals surface area (Å²) in [7, 11) is 1.63.